The van der Waals surface area contributed by atoms with Crippen molar-refractivity contribution in [2.24, 2.45) is 5.73 Å². The molecule has 0 saturated heterocycles. The number of hydrogen-bond acceptors (Lipinski definition) is 8. The van der Waals surface area contributed by atoms with Gasteiger partial charge in [-0.15, -0.1) is 0 Å². The van der Waals surface area contributed by atoms with E-state index in [9.17, 15) is 15.3 Å². The Hall–Kier alpha value is -1.74. The Bertz CT molecular complexity index is 412. The molecular weight excluding hydrogens is 222 g/mol. The van der Waals surface area contributed by atoms with Crippen molar-refractivity contribution < 1.29 is 35.7 Å². The number of aromatic hydroxyl groups is 4. The van der Waals surface area contributed by atoms with E-state index in [4.69, 9.17) is 26.2 Å². The lowest BCUT2D eigenvalue weighted by Crippen LogP contribution is -2.45. The Morgan fingerprint density at radius 3 is 1.94 bits per heavy atom. The minimum Gasteiger partial charge on any atom is -0.507 e. The maximum atomic E-state index is 9.30. The van der Waals surface area contributed by atoms with Crippen LogP contribution in [0.1, 0.15) is 11.7 Å². The molecule has 1 unspecified atom stereocenters. The second-order valence-electron chi connectivity index (χ2n) is 3.21. The molecule has 1 atom stereocenters. The number of phenols is 4. The molecule has 0 heterocycles. The van der Waals surface area contributed by atoms with Crippen LogP contribution >= 0.6 is 0 Å². The van der Waals surface area contributed by atoms with E-state index >= 15 is 0 Å². The molecule has 1 rings (SSSR count). The molecule has 0 saturated carbocycles. The first-order chi connectivity index (χ1) is 7.16. The lowest BCUT2D eigenvalue weighted by Gasteiger charge is -2.24. The first-order valence-corrected chi connectivity index (χ1v) is 4.04. The summed E-state index contributed by atoms with van der Waals surface area (Å²) in [6, 6.07) is 0.597. The highest BCUT2D eigenvalue weighted by atomic mass is 16.5. The molecule has 1 aromatic rings. The number of rotatable bonds is 2. The van der Waals surface area contributed by atoms with Crippen molar-refractivity contribution >= 4 is 0 Å². The molecule has 0 fully saturated rings. The number of aliphatic hydroxyl groups excluding tert-OH is 1. The summed E-state index contributed by atoms with van der Waals surface area (Å²) in [6.45, 7) is 0. The summed E-state index contributed by atoms with van der Waals surface area (Å²) in [6.07, 6.45) is -2.28. The average Bonchev–Trinajstić information content (AvgIpc) is 2.13. The van der Waals surface area contributed by atoms with E-state index in [1.54, 1.807) is 0 Å². The van der Waals surface area contributed by atoms with E-state index in [0.29, 0.717) is 6.07 Å². The van der Waals surface area contributed by atoms with Gasteiger partial charge in [-0.05, 0) is 0 Å². The van der Waals surface area contributed by atoms with Gasteiger partial charge in [-0.25, -0.2) is 0 Å². The molecule has 90 valence electrons. The van der Waals surface area contributed by atoms with Gasteiger partial charge >= 0.3 is 0 Å². The van der Waals surface area contributed by atoms with Crippen LogP contribution in [0.15, 0.2) is 6.07 Å². The minimum atomic E-state index is -3.13. The molecule has 16 heavy (non-hydrogen) atoms. The van der Waals surface area contributed by atoms with Crippen LogP contribution in [-0.4, -0.2) is 41.7 Å². The normalized spacial score (nSPS) is 13.8. The summed E-state index contributed by atoms with van der Waals surface area (Å²) >= 11 is 0. The predicted molar refractivity (Wildman–Crippen MR) is 49.4 cm³/mol. The molecular formula is C8H11NO7. The average molecular weight is 233 g/mol. The predicted octanol–water partition coefficient (Wildman–Crippen LogP) is -1.86. The molecule has 0 aliphatic carbocycles. The van der Waals surface area contributed by atoms with Gasteiger partial charge in [0.2, 0.25) is 5.75 Å². The van der Waals surface area contributed by atoms with E-state index < -0.39 is 40.6 Å². The number of aliphatic hydroxyl groups is 3. The van der Waals surface area contributed by atoms with Gasteiger partial charge in [-0.2, -0.15) is 0 Å². The van der Waals surface area contributed by atoms with Crippen LogP contribution in [0.25, 0.3) is 0 Å². The summed E-state index contributed by atoms with van der Waals surface area (Å²) in [5.41, 5.74) is 3.91. The maximum Gasteiger partial charge on any atom is 0.251 e. The monoisotopic (exact) mass is 233 g/mol. The van der Waals surface area contributed by atoms with Gasteiger partial charge in [0.25, 0.3) is 5.91 Å². The number of benzene rings is 1. The highest BCUT2D eigenvalue weighted by Gasteiger charge is 2.35. The molecule has 0 aromatic heterocycles. The summed E-state index contributed by atoms with van der Waals surface area (Å²) in [5.74, 6) is -6.97. The topological polar surface area (TPSA) is 168 Å². The molecule has 8 heteroatoms. The quantitative estimate of drug-likeness (QED) is 0.167. The zero-order valence-corrected chi connectivity index (χ0v) is 7.86. The molecule has 0 bridgehead atoms. The van der Waals surface area contributed by atoms with Crippen LogP contribution in [0, 0.1) is 0 Å². The fourth-order valence-corrected chi connectivity index (χ4v) is 1.13. The van der Waals surface area contributed by atoms with Crippen LogP contribution in [-0.2, 0) is 0 Å². The van der Waals surface area contributed by atoms with Crippen molar-refractivity contribution in [3.05, 3.63) is 11.6 Å². The Labute approximate surface area is 89.1 Å². The van der Waals surface area contributed by atoms with E-state index in [1.807, 2.05) is 0 Å². The Balaban J connectivity index is 3.40. The summed E-state index contributed by atoms with van der Waals surface area (Å²) < 4.78 is 0. The molecule has 8 nitrogen and oxygen atoms in total. The lowest BCUT2D eigenvalue weighted by atomic mass is 10.0. The number of phenolic OH excluding ortho intramolecular Hbond substituents is 4. The van der Waals surface area contributed by atoms with Gasteiger partial charge in [-0.3, -0.25) is 5.73 Å². The minimum absolute atomic E-state index is 0.597. The van der Waals surface area contributed by atoms with E-state index in [2.05, 4.69) is 0 Å². The number of nitrogens with two attached hydrogens (primary N) is 1. The highest BCUT2D eigenvalue weighted by molar-refractivity contribution is 5.60. The van der Waals surface area contributed by atoms with Crippen molar-refractivity contribution in [1.82, 2.24) is 0 Å². The molecule has 0 spiro atoms. The molecule has 0 amide bonds. The molecule has 0 aliphatic heterocycles. The van der Waals surface area contributed by atoms with Gasteiger partial charge in [0.1, 0.15) is 5.75 Å². The molecule has 1 aromatic carbocycles. The maximum absolute atomic E-state index is 9.30. The van der Waals surface area contributed by atoms with Gasteiger partial charge < -0.3 is 35.7 Å². The third kappa shape index (κ3) is 1.95. The largest absolute Gasteiger partial charge is 0.507 e. The first-order valence-electron chi connectivity index (χ1n) is 4.04. The van der Waals surface area contributed by atoms with Crippen molar-refractivity contribution in [3.8, 4) is 23.0 Å². The molecule has 0 aliphatic rings. The second kappa shape index (κ2) is 3.68. The van der Waals surface area contributed by atoms with Crippen molar-refractivity contribution in [2.45, 2.75) is 12.0 Å². The van der Waals surface area contributed by atoms with Crippen LogP contribution < -0.4 is 5.73 Å². The lowest BCUT2D eigenvalue weighted by molar-refractivity contribution is -0.224. The summed E-state index contributed by atoms with van der Waals surface area (Å²) in [5, 5.41) is 63.7. The first kappa shape index (κ1) is 12.3. The Morgan fingerprint density at radius 2 is 1.50 bits per heavy atom. The van der Waals surface area contributed by atoms with E-state index in [1.165, 1.54) is 0 Å². The van der Waals surface area contributed by atoms with Crippen LogP contribution in [0.2, 0.25) is 0 Å². The SMILES string of the molecule is NC(O)(O)C(O)c1c(O)cc(O)c(O)c1O. The fourth-order valence-electron chi connectivity index (χ4n) is 1.13. The Morgan fingerprint density at radius 1 is 1.00 bits per heavy atom. The van der Waals surface area contributed by atoms with Gasteiger partial charge in [-0.1, -0.05) is 0 Å². The zero-order chi connectivity index (χ0) is 12.7. The van der Waals surface area contributed by atoms with Crippen LogP contribution in [0.5, 0.6) is 23.0 Å². The second-order valence-corrected chi connectivity index (χ2v) is 3.21. The Kier molecular flexibility index (Phi) is 2.84. The highest BCUT2D eigenvalue weighted by Crippen LogP contribution is 2.46. The van der Waals surface area contributed by atoms with E-state index in [0.717, 1.165) is 0 Å². The van der Waals surface area contributed by atoms with Gasteiger partial charge in [0.05, 0.1) is 5.56 Å². The van der Waals surface area contributed by atoms with E-state index in [-0.39, 0.29) is 0 Å². The van der Waals surface area contributed by atoms with Crippen LogP contribution in [0.4, 0.5) is 0 Å². The molecule has 0 radical (unpaired) electrons. The van der Waals surface area contributed by atoms with Crippen LogP contribution in [0.3, 0.4) is 0 Å². The fraction of sp³-hybridized carbons (Fsp3) is 0.250. The van der Waals surface area contributed by atoms with Gasteiger partial charge in [0, 0.05) is 6.07 Å². The van der Waals surface area contributed by atoms with Gasteiger partial charge in [0.15, 0.2) is 17.6 Å². The smallest absolute Gasteiger partial charge is 0.251 e. The standard InChI is InChI=1S/C8H11NO7/c9-8(15,16)7(14)4-2(10)1-3(11)5(12)6(4)13/h1,7,10-16H,9H2. The summed E-state index contributed by atoms with van der Waals surface area (Å²) in [4.78, 5) is 0. The van der Waals surface area contributed by atoms with Crippen molar-refractivity contribution in [3.63, 3.8) is 0 Å². The zero-order valence-electron chi connectivity index (χ0n) is 7.86. The third-order valence-corrected chi connectivity index (χ3v) is 1.95. The van der Waals surface area contributed by atoms with Crippen molar-refractivity contribution in [1.29, 1.82) is 0 Å². The number of hydrogen-bond donors (Lipinski definition) is 8. The third-order valence-electron chi connectivity index (χ3n) is 1.95. The summed E-state index contributed by atoms with van der Waals surface area (Å²) in [7, 11) is 0. The van der Waals surface area contributed by atoms with Crippen molar-refractivity contribution in [2.75, 3.05) is 0 Å². The molecule has 9 N–H and O–H groups in total.